The fourth-order valence-electron chi connectivity index (χ4n) is 1.42. The van der Waals surface area contributed by atoms with Crippen LogP contribution in [0.15, 0.2) is 22.0 Å². The fourth-order valence-corrected chi connectivity index (χ4v) is 2.97. The van der Waals surface area contributed by atoms with Crippen LogP contribution in [0.25, 0.3) is 10.6 Å². The van der Waals surface area contributed by atoms with Gasteiger partial charge in [0.2, 0.25) is 0 Å². The highest BCUT2D eigenvalue weighted by Crippen LogP contribution is 2.30. The summed E-state index contributed by atoms with van der Waals surface area (Å²) in [5.74, 6) is 1.64. The summed E-state index contributed by atoms with van der Waals surface area (Å²) in [7, 11) is 0. The summed E-state index contributed by atoms with van der Waals surface area (Å²) in [6, 6.07) is 6.12. The Morgan fingerprint density at radius 1 is 1.38 bits per heavy atom. The monoisotopic (exact) mass is 314 g/mol. The number of hydrogen-bond acceptors (Lipinski definition) is 4. The van der Waals surface area contributed by atoms with Crippen molar-refractivity contribution in [3.8, 4) is 10.6 Å². The molecule has 0 aromatic carbocycles. The quantitative estimate of drug-likeness (QED) is 0.873. The van der Waals surface area contributed by atoms with Gasteiger partial charge in [-0.3, -0.25) is 0 Å². The maximum Gasteiger partial charge on any atom is 0.130 e. The molecule has 0 saturated heterocycles. The van der Waals surface area contributed by atoms with Crippen molar-refractivity contribution < 1.29 is 0 Å². The highest BCUT2D eigenvalue weighted by Gasteiger charge is 2.06. The Balaban J connectivity index is 2.40. The largest absolute Gasteiger partial charge is 0.238 e. The normalized spacial score (nSPS) is 10.7. The lowest BCUT2D eigenvalue weighted by Crippen LogP contribution is -1.99. The summed E-state index contributed by atoms with van der Waals surface area (Å²) in [4.78, 5) is 10.1. The Hall–Kier alpha value is -0.390. The van der Waals surface area contributed by atoms with Gasteiger partial charge in [0.25, 0.3) is 0 Å². The summed E-state index contributed by atoms with van der Waals surface area (Å²) in [5, 5.41) is 0. The third kappa shape index (κ3) is 2.84. The highest BCUT2D eigenvalue weighted by atomic mass is 79.9. The Bertz CT molecular complexity index is 496. The number of hydrogen-bond donors (Lipinski definition) is 1. The molecule has 0 radical (unpaired) electrons. The second kappa shape index (κ2) is 5.29. The van der Waals surface area contributed by atoms with Crippen LogP contribution >= 0.6 is 39.9 Å². The Labute approximate surface area is 113 Å². The number of halogens is 1. The van der Waals surface area contributed by atoms with Crippen LogP contribution in [0.1, 0.15) is 11.5 Å². The first-order valence-electron chi connectivity index (χ1n) is 4.90. The molecule has 0 aliphatic heterocycles. The smallest absolute Gasteiger partial charge is 0.130 e. The van der Waals surface area contributed by atoms with Crippen molar-refractivity contribution in [2.24, 2.45) is 0 Å². The second-order valence-corrected chi connectivity index (χ2v) is 6.30. The van der Waals surface area contributed by atoms with Gasteiger partial charge >= 0.3 is 0 Å². The number of thiophene rings is 1. The van der Waals surface area contributed by atoms with Gasteiger partial charge in [0.15, 0.2) is 0 Å². The van der Waals surface area contributed by atoms with Crippen molar-refractivity contribution in [1.29, 1.82) is 0 Å². The molecular weight excluding hydrogens is 304 g/mol. The third-order valence-electron chi connectivity index (χ3n) is 2.06. The van der Waals surface area contributed by atoms with Crippen LogP contribution in [-0.4, -0.2) is 15.7 Å². The van der Waals surface area contributed by atoms with Crippen LogP contribution < -0.4 is 0 Å². The minimum absolute atomic E-state index is 0.775. The average Bonchev–Trinajstić information content (AvgIpc) is 2.64. The van der Waals surface area contributed by atoms with Gasteiger partial charge in [-0.15, -0.1) is 11.3 Å². The molecule has 2 aromatic rings. The Kier molecular flexibility index (Phi) is 4.00. The van der Waals surface area contributed by atoms with E-state index in [4.69, 9.17) is 0 Å². The zero-order valence-electron chi connectivity index (χ0n) is 8.77. The van der Waals surface area contributed by atoms with Crippen molar-refractivity contribution in [2.75, 3.05) is 5.75 Å². The summed E-state index contributed by atoms with van der Waals surface area (Å²) in [6.45, 7) is 2.00. The fraction of sp³-hybridized carbons (Fsp3) is 0.273. The van der Waals surface area contributed by atoms with E-state index in [-0.39, 0.29) is 0 Å². The van der Waals surface area contributed by atoms with Gasteiger partial charge in [-0.1, -0.05) is 0 Å². The molecule has 0 aliphatic carbocycles. The van der Waals surface area contributed by atoms with Gasteiger partial charge in [-0.25, -0.2) is 9.97 Å². The van der Waals surface area contributed by atoms with Gasteiger partial charge in [0.05, 0.1) is 14.4 Å². The van der Waals surface area contributed by atoms with E-state index >= 15 is 0 Å². The zero-order valence-corrected chi connectivity index (χ0v) is 12.1. The predicted octanol–water partition coefficient (Wildman–Crippen LogP) is 3.75. The standard InChI is InChI=1S/C11H11BrN2S2/c1-7-6-8(9-2-3-10(12)16-9)14-11(13-7)4-5-15/h2-3,6,15H,4-5H2,1H3. The number of nitrogens with zero attached hydrogens (tertiary/aromatic N) is 2. The lowest BCUT2D eigenvalue weighted by atomic mass is 10.3. The molecule has 0 bridgehead atoms. The first-order valence-corrected chi connectivity index (χ1v) is 7.14. The molecule has 0 atom stereocenters. The molecule has 2 heterocycles. The molecule has 0 aliphatic rings. The Morgan fingerprint density at radius 3 is 2.81 bits per heavy atom. The van der Waals surface area contributed by atoms with Gasteiger partial charge in [0.1, 0.15) is 5.82 Å². The minimum Gasteiger partial charge on any atom is -0.238 e. The summed E-state index contributed by atoms with van der Waals surface area (Å²) >= 11 is 9.35. The third-order valence-corrected chi connectivity index (χ3v) is 3.93. The molecule has 2 nitrogen and oxygen atoms in total. The predicted molar refractivity (Wildman–Crippen MR) is 75.3 cm³/mol. The minimum atomic E-state index is 0.775. The van der Waals surface area contributed by atoms with Crippen molar-refractivity contribution in [3.63, 3.8) is 0 Å². The number of aryl methyl sites for hydroxylation is 2. The molecule has 84 valence electrons. The van der Waals surface area contributed by atoms with Crippen LogP contribution in [0.3, 0.4) is 0 Å². The van der Waals surface area contributed by atoms with E-state index in [0.29, 0.717) is 0 Å². The van der Waals surface area contributed by atoms with Crippen LogP contribution in [0, 0.1) is 6.92 Å². The first kappa shape index (κ1) is 12.1. The van der Waals surface area contributed by atoms with Crippen molar-refractivity contribution in [3.05, 3.63) is 33.5 Å². The molecule has 2 aromatic heterocycles. The number of rotatable bonds is 3. The van der Waals surface area contributed by atoms with Gasteiger partial charge in [-0.05, 0) is 46.8 Å². The van der Waals surface area contributed by atoms with Crippen molar-refractivity contribution in [2.45, 2.75) is 13.3 Å². The van der Waals surface area contributed by atoms with E-state index < -0.39 is 0 Å². The average molecular weight is 315 g/mol. The molecule has 0 spiro atoms. The van der Waals surface area contributed by atoms with Crippen LogP contribution in [0.2, 0.25) is 0 Å². The van der Waals surface area contributed by atoms with E-state index in [1.165, 1.54) is 0 Å². The number of aromatic nitrogens is 2. The Morgan fingerprint density at radius 2 is 2.19 bits per heavy atom. The van der Waals surface area contributed by atoms with Crippen molar-refractivity contribution >= 4 is 39.9 Å². The van der Waals surface area contributed by atoms with E-state index in [2.05, 4.69) is 44.6 Å². The van der Waals surface area contributed by atoms with E-state index in [1.807, 2.05) is 19.1 Å². The SMILES string of the molecule is Cc1cc(-c2ccc(Br)s2)nc(CCS)n1. The summed E-state index contributed by atoms with van der Waals surface area (Å²) in [6.07, 6.45) is 0.810. The maximum atomic E-state index is 4.54. The number of thiol groups is 1. The van der Waals surface area contributed by atoms with Gasteiger partial charge in [0, 0.05) is 12.1 Å². The lowest BCUT2D eigenvalue weighted by molar-refractivity contribution is 0.931. The topological polar surface area (TPSA) is 25.8 Å². The summed E-state index contributed by atoms with van der Waals surface area (Å²) in [5.41, 5.74) is 2.01. The van der Waals surface area contributed by atoms with Crippen LogP contribution in [0.5, 0.6) is 0 Å². The maximum absolute atomic E-state index is 4.54. The summed E-state index contributed by atoms with van der Waals surface area (Å²) < 4.78 is 1.12. The molecule has 2 rings (SSSR count). The van der Waals surface area contributed by atoms with E-state index in [9.17, 15) is 0 Å². The zero-order chi connectivity index (χ0) is 11.5. The molecule has 0 amide bonds. The van der Waals surface area contributed by atoms with E-state index in [1.54, 1.807) is 11.3 Å². The van der Waals surface area contributed by atoms with Gasteiger partial charge < -0.3 is 0 Å². The molecule has 0 unspecified atom stereocenters. The molecule has 0 fully saturated rings. The first-order chi connectivity index (χ1) is 7.69. The molecule has 16 heavy (non-hydrogen) atoms. The van der Waals surface area contributed by atoms with Gasteiger partial charge in [-0.2, -0.15) is 12.6 Å². The highest BCUT2D eigenvalue weighted by molar-refractivity contribution is 9.11. The van der Waals surface area contributed by atoms with Crippen LogP contribution in [-0.2, 0) is 6.42 Å². The van der Waals surface area contributed by atoms with E-state index in [0.717, 1.165) is 38.0 Å². The molecular formula is C11H11BrN2S2. The molecule has 5 heteroatoms. The van der Waals surface area contributed by atoms with Crippen LogP contribution in [0.4, 0.5) is 0 Å². The second-order valence-electron chi connectivity index (χ2n) is 3.39. The molecule has 0 saturated carbocycles. The molecule has 0 N–H and O–H groups in total. The lowest BCUT2D eigenvalue weighted by Gasteiger charge is -2.03. The van der Waals surface area contributed by atoms with Crippen molar-refractivity contribution in [1.82, 2.24) is 9.97 Å².